The lowest BCUT2D eigenvalue weighted by atomic mass is 9.86. The second-order valence-electron chi connectivity index (χ2n) is 8.93. The highest BCUT2D eigenvalue weighted by atomic mass is 32.2. The van der Waals surface area contributed by atoms with Crippen molar-refractivity contribution in [2.24, 2.45) is 7.05 Å². The van der Waals surface area contributed by atoms with Crippen LogP contribution in [0.15, 0.2) is 41.2 Å². The Morgan fingerprint density at radius 2 is 1.91 bits per heavy atom. The molecule has 4 rings (SSSR count). The lowest BCUT2D eigenvalue weighted by molar-refractivity contribution is -0.122. The number of aromatic nitrogens is 1. The van der Waals surface area contributed by atoms with E-state index >= 15 is 0 Å². The molecule has 0 saturated heterocycles. The standard InChI is InChI=1S/C22H25N3O5S2/c1-22(2,3)13-6-9-17-16(10-13)25(32(5,28)29)12-18(30-17)20(26)23-14-7-8-15-19(11-14)31-21(27)24(15)4/h6-11,18H,12H2,1-5H3,(H,23,26)/t18-/m1/s1. The SMILES string of the molecule is Cn1c(=O)sc2cc(NC(=O)[C@H]3CN(S(C)(=O)=O)c4cc(C(C)(C)C)ccc4O3)ccc21. The first-order chi connectivity index (χ1) is 14.8. The maximum atomic E-state index is 13.0. The number of anilines is 2. The van der Waals surface area contributed by atoms with Gasteiger partial charge in [-0.1, -0.05) is 38.2 Å². The van der Waals surface area contributed by atoms with Crippen molar-refractivity contribution in [1.82, 2.24) is 4.57 Å². The third-order valence-corrected chi connectivity index (χ3v) is 7.59. The molecule has 0 spiro atoms. The van der Waals surface area contributed by atoms with Gasteiger partial charge in [-0.05, 0) is 41.3 Å². The van der Waals surface area contributed by atoms with Crippen molar-refractivity contribution in [3.05, 3.63) is 51.6 Å². The Hall–Kier alpha value is -2.85. The summed E-state index contributed by atoms with van der Waals surface area (Å²) in [5.41, 5.74) is 2.51. The Bertz CT molecular complexity index is 1380. The van der Waals surface area contributed by atoms with Crippen molar-refractivity contribution >= 4 is 48.9 Å². The van der Waals surface area contributed by atoms with Gasteiger partial charge in [0.25, 0.3) is 5.91 Å². The van der Waals surface area contributed by atoms with E-state index in [1.165, 1.54) is 4.31 Å². The monoisotopic (exact) mass is 475 g/mol. The van der Waals surface area contributed by atoms with Gasteiger partial charge in [-0.25, -0.2) is 8.42 Å². The summed E-state index contributed by atoms with van der Waals surface area (Å²) >= 11 is 1.09. The van der Waals surface area contributed by atoms with Gasteiger partial charge in [-0.15, -0.1) is 0 Å². The number of hydrogen-bond acceptors (Lipinski definition) is 6. The number of fused-ring (bicyclic) bond motifs is 2. The molecule has 2 heterocycles. The van der Waals surface area contributed by atoms with Crippen LogP contribution in [0.5, 0.6) is 5.75 Å². The van der Waals surface area contributed by atoms with Crippen LogP contribution >= 0.6 is 11.3 Å². The fourth-order valence-corrected chi connectivity index (χ4v) is 5.43. The van der Waals surface area contributed by atoms with Gasteiger partial charge in [0.2, 0.25) is 10.0 Å². The maximum absolute atomic E-state index is 13.0. The van der Waals surface area contributed by atoms with E-state index in [0.29, 0.717) is 17.1 Å². The lowest BCUT2D eigenvalue weighted by Crippen LogP contribution is -2.48. The zero-order valence-corrected chi connectivity index (χ0v) is 20.1. The normalized spacial score (nSPS) is 16.5. The maximum Gasteiger partial charge on any atom is 0.307 e. The number of rotatable bonds is 3. The van der Waals surface area contributed by atoms with Crippen molar-refractivity contribution in [2.75, 3.05) is 22.4 Å². The van der Waals surface area contributed by atoms with Gasteiger partial charge in [0, 0.05) is 12.7 Å². The molecule has 10 heteroatoms. The summed E-state index contributed by atoms with van der Waals surface area (Å²) < 4.78 is 34.5. The third kappa shape index (κ3) is 4.12. The van der Waals surface area contributed by atoms with Crippen LogP contribution in [0, 0.1) is 0 Å². The topological polar surface area (TPSA) is 97.7 Å². The minimum absolute atomic E-state index is 0.0888. The summed E-state index contributed by atoms with van der Waals surface area (Å²) in [5, 5.41) is 2.78. The number of benzene rings is 2. The molecule has 0 saturated carbocycles. The van der Waals surface area contributed by atoms with Crippen LogP contribution in [0.2, 0.25) is 0 Å². The zero-order valence-electron chi connectivity index (χ0n) is 18.5. The number of thiazole rings is 1. The van der Waals surface area contributed by atoms with Crippen LogP contribution in [0.25, 0.3) is 10.2 Å². The molecule has 1 N–H and O–H groups in total. The van der Waals surface area contributed by atoms with Crippen LogP contribution in [0.3, 0.4) is 0 Å². The number of carbonyl (C=O) groups is 1. The first kappa shape index (κ1) is 22.3. The van der Waals surface area contributed by atoms with E-state index in [1.54, 1.807) is 41.9 Å². The molecule has 2 aromatic carbocycles. The average molecular weight is 476 g/mol. The second kappa shape index (κ2) is 7.63. The highest BCUT2D eigenvalue weighted by Crippen LogP contribution is 2.38. The van der Waals surface area contributed by atoms with Gasteiger partial charge < -0.3 is 14.6 Å². The minimum atomic E-state index is -3.63. The molecule has 0 radical (unpaired) electrons. The Kier molecular flexibility index (Phi) is 5.33. The van der Waals surface area contributed by atoms with E-state index in [9.17, 15) is 18.0 Å². The molecule has 170 valence electrons. The molecule has 0 fully saturated rings. The second-order valence-corrected chi connectivity index (χ2v) is 11.8. The van der Waals surface area contributed by atoms with Crippen LogP contribution in [0.1, 0.15) is 26.3 Å². The summed E-state index contributed by atoms with van der Waals surface area (Å²) in [6.07, 6.45) is 0.0921. The van der Waals surface area contributed by atoms with E-state index in [-0.39, 0.29) is 16.8 Å². The van der Waals surface area contributed by atoms with Gasteiger partial charge >= 0.3 is 4.87 Å². The van der Waals surface area contributed by atoms with Crippen LogP contribution in [-0.2, 0) is 27.3 Å². The first-order valence-electron chi connectivity index (χ1n) is 10.0. The molecule has 1 aromatic heterocycles. The summed E-state index contributed by atoms with van der Waals surface area (Å²) in [5.74, 6) is -0.126. The fourth-order valence-electron chi connectivity index (χ4n) is 3.60. The van der Waals surface area contributed by atoms with Gasteiger partial charge in [0.05, 0.1) is 28.7 Å². The highest BCUT2D eigenvalue weighted by molar-refractivity contribution is 7.92. The fraction of sp³-hybridized carbons (Fsp3) is 0.364. The van der Waals surface area contributed by atoms with E-state index in [0.717, 1.165) is 33.4 Å². The molecule has 0 aliphatic carbocycles. The first-order valence-corrected chi connectivity index (χ1v) is 12.7. The van der Waals surface area contributed by atoms with E-state index in [4.69, 9.17) is 4.74 Å². The molecule has 8 nitrogen and oxygen atoms in total. The summed E-state index contributed by atoms with van der Waals surface area (Å²) in [4.78, 5) is 24.7. The minimum Gasteiger partial charge on any atom is -0.476 e. The quantitative estimate of drug-likeness (QED) is 0.628. The smallest absolute Gasteiger partial charge is 0.307 e. The summed E-state index contributed by atoms with van der Waals surface area (Å²) in [7, 11) is -1.94. The molecule has 1 aliphatic heterocycles. The van der Waals surface area contributed by atoms with Gasteiger partial charge in [-0.2, -0.15) is 0 Å². The number of hydrogen-bond donors (Lipinski definition) is 1. The molecule has 32 heavy (non-hydrogen) atoms. The molecular weight excluding hydrogens is 450 g/mol. The zero-order chi connectivity index (χ0) is 23.4. The number of aryl methyl sites for hydroxylation is 1. The number of amides is 1. The summed E-state index contributed by atoms with van der Waals surface area (Å²) in [6.45, 7) is 5.99. The average Bonchev–Trinajstić information content (AvgIpc) is 2.98. The third-order valence-electron chi connectivity index (χ3n) is 5.45. The number of carbonyl (C=O) groups excluding carboxylic acids is 1. The van der Waals surface area contributed by atoms with Gasteiger partial charge in [-0.3, -0.25) is 13.9 Å². The Morgan fingerprint density at radius 3 is 2.56 bits per heavy atom. The molecule has 1 atom stereocenters. The van der Waals surface area contributed by atoms with E-state index in [2.05, 4.69) is 5.32 Å². The van der Waals surface area contributed by atoms with Crippen molar-refractivity contribution in [3.8, 4) is 5.75 Å². The lowest BCUT2D eigenvalue weighted by Gasteiger charge is -2.35. The molecule has 1 amide bonds. The van der Waals surface area contributed by atoms with Crippen molar-refractivity contribution in [3.63, 3.8) is 0 Å². The molecule has 3 aromatic rings. The molecule has 0 unspecified atom stereocenters. The van der Waals surface area contributed by atoms with Gasteiger partial charge in [0.1, 0.15) is 5.75 Å². The van der Waals surface area contributed by atoms with Crippen molar-refractivity contribution < 1.29 is 17.9 Å². The predicted molar refractivity (Wildman–Crippen MR) is 127 cm³/mol. The summed E-state index contributed by atoms with van der Waals surface area (Å²) in [6, 6.07) is 10.6. The van der Waals surface area contributed by atoms with Crippen LogP contribution in [-0.4, -0.2) is 37.8 Å². The van der Waals surface area contributed by atoms with E-state index in [1.807, 2.05) is 26.8 Å². The van der Waals surface area contributed by atoms with Crippen molar-refractivity contribution in [1.29, 1.82) is 0 Å². The molecule has 0 bridgehead atoms. The molecular formula is C22H25N3O5S2. The Balaban J connectivity index is 1.63. The van der Waals surface area contributed by atoms with Crippen molar-refractivity contribution in [2.45, 2.75) is 32.3 Å². The predicted octanol–water partition coefficient (Wildman–Crippen LogP) is 3.06. The number of nitrogens with one attached hydrogen (secondary N) is 1. The van der Waals surface area contributed by atoms with E-state index < -0.39 is 22.0 Å². The van der Waals surface area contributed by atoms with Gasteiger partial charge in [0.15, 0.2) is 6.10 Å². The number of sulfonamides is 1. The van der Waals surface area contributed by atoms with Crippen LogP contribution in [0.4, 0.5) is 11.4 Å². The number of nitrogens with zero attached hydrogens (tertiary/aromatic N) is 2. The largest absolute Gasteiger partial charge is 0.476 e. The number of ether oxygens (including phenoxy) is 1. The Labute approximate surface area is 190 Å². The highest BCUT2D eigenvalue weighted by Gasteiger charge is 2.36. The Morgan fingerprint density at radius 1 is 1.19 bits per heavy atom. The molecule has 1 aliphatic rings. The van der Waals surface area contributed by atoms with Crippen LogP contribution < -0.4 is 19.2 Å².